The fourth-order valence-electron chi connectivity index (χ4n) is 4.04. The Bertz CT molecular complexity index is 673. The molecular weight excluding hydrogens is 366 g/mol. The summed E-state index contributed by atoms with van der Waals surface area (Å²) in [5, 5.41) is 0. The largest absolute Gasteiger partial charge is 0.379 e. The first-order chi connectivity index (χ1) is 14.2. The van der Waals surface area contributed by atoms with Crippen molar-refractivity contribution in [3.63, 3.8) is 0 Å². The zero-order valence-electron chi connectivity index (χ0n) is 17.8. The summed E-state index contributed by atoms with van der Waals surface area (Å²) in [6, 6.07) is 7.59. The molecular formula is C23H35N3O3. The third-order valence-corrected chi connectivity index (χ3v) is 5.84. The minimum Gasteiger partial charge on any atom is -0.379 e. The molecule has 0 unspecified atom stereocenters. The lowest BCUT2D eigenvalue weighted by molar-refractivity contribution is -0.117. The van der Waals surface area contributed by atoms with Gasteiger partial charge in [-0.3, -0.25) is 14.5 Å². The molecule has 0 N–H and O–H groups in total. The van der Waals surface area contributed by atoms with E-state index in [9.17, 15) is 9.59 Å². The van der Waals surface area contributed by atoms with E-state index in [0.717, 1.165) is 77.4 Å². The van der Waals surface area contributed by atoms with Gasteiger partial charge in [-0.15, -0.1) is 0 Å². The van der Waals surface area contributed by atoms with Crippen molar-refractivity contribution in [2.24, 2.45) is 0 Å². The van der Waals surface area contributed by atoms with E-state index < -0.39 is 0 Å². The predicted octanol–water partition coefficient (Wildman–Crippen LogP) is 3.17. The van der Waals surface area contributed by atoms with Gasteiger partial charge in [-0.2, -0.15) is 0 Å². The average Bonchev–Trinajstić information content (AvgIpc) is 3.19. The highest BCUT2D eigenvalue weighted by atomic mass is 16.5. The second-order valence-corrected chi connectivity index (χ2v) is 8.01. The van der Waals surface area contributed by atoms with Gasteiger partial charge < -0.3 is 14.5 Å². The van der Waals surface area contributed by atoms with E-state index in [0.29, 0.717) is 12.0 Å². The SMILES string of the molecule is CCCCCCN(CCN1CCOCC1)C(=O)c1cccc(N2CCCC2=O)c1. The number of hydrogen-bond donors (Lipinski definition) is 0. The van der Waals surface area contributed by atoms with Gasteiger partial charge in [0, 0.05) is 56.9 Å². The van der Waals surface area contributed by atoms with E-state index in [1.807, 2.05) is 29.2 Å². The van der Waals surface area contributed by atoms with Gasteiger partial charge in [0.25, 0.3) is 5.91 Å². The highest BCUT2D eigenvalue weighted by Crippen LogP contribution is 2.23. The Hall–Kier alpha value is -1.92. The summed E-state index contributed by atoms with van der Waals surface area (Å²) in [4.78, 5) is 31.6. The Labute approximate surface area is 174 Å². The summed E-state index contributed by atoms with van der Waals surface area (Å²) < 4.78 is 5.43. The smallest absolute Gasteiger partial charge is 0.253 e. The molecule has 3 rings (SSSR count). The van der Waals surface area contributed by atoms with Crippen LogP contribution in [0, 0.1) is 0 Å². The molecule has 2 saturated heterocycles. The summed E-state index contributed by atoms with van der Waals surface area (Å²) in [6.07, 6.45) is 6.07. The molecule has 6 nitrogen and oxygen atoms in total. The van der Waals surface area contributed by atoms with Gasteiger partial charge in [0.1, 0.15) is 0 Å². The molecule has 29 heavy (non-hydrogen) atoms. The zero-order chi connectivity index (χ0) is 20.5. The number of nitrogens with zero attached hydrogens (tertiary/aromatic N) is 3. The van der Waals surface area contributed by atoms with E-state index in [4.69, 9.17) is 4.74 Å². The van der Waals surface area contributed by atoms with Gasteiger partial charge in [0.2, 0.25) is 5.91 Å². The summed E-state index contributed by atoms with van der Waals surface area (Å²) in [6.45, 7) is 8.77. The Balaban J connectivity index is 1.66. The molecule has 0 bridgehead atoms. The molecule has 2 amide bonds. The van der Waals surface area contributed by atoms with Crippen molar-refractivity contribution in [2.45, 2.75) is 45.4 Å². The molecule has 2 aliphatic heterocycles. The molecule has 0 saturated carbocycles. The maximum atomic E-state index is 13.3. The molecule has 0 aliphatic carbocycles. The van der Waals surface area contributed by atoms with Crippen molar-refractivity contribution in [1.29, 1.82) is 0 Å². The quantitative estimate of drug-likeness (QED) is 0.565. The van der Waals surface area contributed by atoms with Gasteiger partial charge in [-0.1, -0.05) is 32.3 Å². The number of anilines is 1. The first kappa shape index (κ1) is 21.8. The predicted molar refractivity (Wildman–Crippen MR) is 115 cm³/mol. The molecule has 6 heteroatoms. The Morgan fingerprint density at radius 3 is 2.66 bits per heavy atom. The van der Waals surface area contributed by atoms with Crippen LogP contribution < -0.4 is 4.90 Å². The highest BCUT2D eigenvalue weighted by Gasteiger charge is 2.23. The second-order valence-electron chi connectivity index (χ2n) is 8.01. The summed E-state index contributed by atoms with van der Waals surface area (Å²) >= 11 is 0. The Kier molecular flexibility index (Phi) is 8.50. The number of morpholine rings is 1. The lowest BCUT2D eigenvalue weighted by atomic mass is 10.1. The number of rotatable bonds is 10. The molecule has 1 aromatic rings. The molecule has 0 aromatic heterocycles. The van der Waals surface area contributed by atoms with Crippen molar-refractivity contribution >= 4 is 17.5 Å². The van der Waals surface area contributed by atoms with Gasteiger partial charge in [0.05, 0.1) is 13.2 Å². The number of benzene rings is 1. The number of amides is 2. The minimum atomic E-state index is 0.0725. The Morgan fingerprint density at radius 2 is 1.93 bits per heavy atom. The maximum Gasteiger partial charge on any atom is 0.253 e. The zero-order valence-corrected chi connectivity index (χ0v) is 17.8. The van der Waals surface area contributed by atoms with Crippen LogP contribution in [0.3, 0.4) is 0 Å². The van der Waals surface area contributed by atoms with Crippen LogP contribution in [0.15, 0.2) is 24.3 Å². The van der Waals surface area contributed by atoms with Crippen LogP contribution in [-0.2, 0) is 9.53 Å². The van der Waals surface area contributed by atoms with Gasteiger partial charge in [-0.25, -0.2) is 0 Å². The third-order valence-electron chi connectivity index (χ3n) is 5.84. The van der Waals surface area contributed by atoms with Crippen molar-refractivity contribution in [1.82, 2.24) is 9.80 Å². The van der Waals surface area contributed by atoms with Gasteiger partial charge in [-0.05, 0) is 31.0 Å². The molecule has 2 aliphatic rings. The van der Waals surface area contributed by atoms with Crippen LogP contribution in [0.25, 0.3) is 0 Å². The van der Waals surface area contributed by atoms with Crippen molar-refractivity contribution < 1.29 is 14.3 Å². The van der Waals surface area contributed by atoms with Crippen molar-refractivity contribution in [3.8, 4) is 0 Å². The van der Waals surface area contributed by atoms with E-state index in [1.54, 1.807) is 4.90 Å². The van der Waals surface area contributed by atoms with Gasteiger partial charge in [0.15, 0.2) is 0 Å². The average molecular weight is 402 g/mol. The number of carbonyl (C=O) groups is 2. The van der Waals surface area contributed by atoms with Crippen LogP contribution in [0.5, 0.6) is 0 Å². The Morgan fingerprint density at radius 1 is 1.10 bits per heavy atom. The maximum absolute atomic E-state index is 13.3. The standard InChI is InChI=1S/C23H35N3O3/c1-2-3-4-5-11-25(14-13-24-15-17-29-18-16-24)23(28)20-8-6-9-21(19-20)26-12-7-10-22(26)27/h6,8-9,19H,2-5,7,10-18H2,1H3. The van der Waals surface area contributed by atoms with Crippen molar-refractivity contribution in [3.05, 3.63) is 29.8 Å². The van der Waals surface area contributed by atoms with Crippen LogP contribution in [0.1, 0.15) is 55.8 Å². The van der Waals surface area contributed by atoms with Crippen LogP contribution in [0.4, 0.5) is 5.69 Å². The number of hydrogen-bond acceptors (Lipinski definition) is 4. The molecule has 2 fully saturated rings. The fourth-order valence-corrected chi connectivity index (χ4v) is 4.04. The number of unbranched alkanes of at least 4 members (excludes halogenated alkanes) is 3. The molecule has 0 atom stereocenters. The first-order valence-corrected chi connectivity index (χ1v) is 11.2. The monoisotopic (exact) mass is 401 g/mol. The third kappa shape index (κ3) is 6.28. The van der Waals surface area contributed by atoms with Crippen LogP contribution in [-0.4, -0.2) is 74.1 Å². The number of ether oxygens (including phenoxy) is 1. The van der Waals surface area contributed by atoms with E-state index in [2.05, 4.69) is 11.8 Å². The fraction of sp³-hybridized carbons (Fsp3) is 0.652. The summed E-state index contributed by atoms with van der Waals surface area (Å²) in [5.41, 5.74) is 1.53. The molecule has 0 radical (unpaired) electrons. The van der Waals surface area contributed by atoms with Crippen LogP contribution in [0.2, 0.25) is 0 Å². The lowest BCUT2D eigenvalue weighted by Gasteiger charge is -2.30. The summed E-state index contributed by atoms with van der Waals surface area (Å²) in [7, 11) is 0. The van der Waals surface area contributed by atoms with Crippen molar-refractivity contribution in [2.75, 3.05) is 57.4 Å². The highest BCUT2D eigenvalue weighted by molar-refractivity contribution is 5.99. The van der Waals surface area contributed by atoms with E-state index >= 15 is 0 Å². The molecule has 1 aromatic carbocycles. The normalized spacial score (nSPS) is 17.7. The molecule has 160 valence electrons. The second kappa shape index (κ2) is 11.3. The van der Waals surface area contributed by atoms with Crippen LogP contribution >= 0.6 is 0 Å². The first-order valence-electron chi connectivity index (χ1n) is 11.2. The minimum absolute atomic E-state index is 0.0725. The topological polar surface area (TPSA) is 53.1 Å². The van der Waals surface area contributed by atoms with Gasteiger partial charge >= 0.3 is 0 Å². The lowest BCUT2D eigenvalue weighted by Crippen LogP contribution is -2.43. The molecule has 2 heterocycles. The molecule has 0 spiro atoms. The summed E-state index contributed by atoms with van der Waals surface area (Å²) in [5.74, 6) is 0.224. The van der Waals surface area contributed by atoms with E-state index in [-0.39, 0.29) is 11.8 Å². The van der Waals surface area contributed by atoms with E-state index in [1.165, 1.54) is 12.8 Å². The number of carbonyl (C=O) groups excluding carboxylic acids is 2.